The van der Waals surface area contributed by atoms with Gasteiger partial charge in [0.05, 0.1) is 11.0 Å². The van der Waals surface area contributed by atoms with Crippen LogP contribution >= 0.6 is 0 Å². The van der Waals surface area contributed by atoms with Gasteiger partial charge in [-0.15, -0.1) is 0 Å². The Morgan fingerprint density at radius 1 is 0.925 bits per heavy atom. The molecule has 1 amide bonds. The number of carbonyl (C=O) groups is 1. The number of hydrogen-bond donors (Lipinski definition) is 1. The number of carbonyl (C=O) groups excluding carboxylic acids is 1. The lowest BCUT2D eigenvalue weighted by molar-refractivity contribution is 0.0741. The third-order valence-electron chi connectivity index (χ3n) is 8.22. The van der Waals surface area contributed by atoms with E-state index in [4.69, 9.17) is 4.98 Å². The van der Waals surface area contributed by atoms with Gasteiger partial charge in [0.2, 0.25) is 0 Å². The minimum absolute atomic E-state index is 0.147. The summed E-state index contributed by atoms with van der Waals surface area (Å²) in [5, 5.41) is 3.20. The molecule has 6 heteroatoms. The highest BCUT2D eigenvalue weighted by atomic mass is 16.2. The highest BCUT2D eigenvalue weighted by Crippen LogP contribution is 2.23. The normalized spacial score (nSPS) is 14.4. The number of piperidine rings is 1. The first-order valence-electron chi connectivity index (χ1n) is 15.6. The van der Waals surface area contributed by atoms with Gasteiger partial charge in [0.15, 0.2) is 0 Å². The average Bonchev–Trinajstić information content (AvgIpc) is 3.29. The van der Waals surface area contributed by atoms with Crippen molar-refractivity contribution in [1.29, 1.82) is 0 Å². The first-order chi connectivity index (χ1) is 19.3. The number of benzene rings is 2. The van der Waals surface area contributed by atoms with Gasteiger partial charge in [0.1, 0.15) is 5.82 Å². The van der Waals surface area contributed by atoms with Crippen molar-refractivity contribution in [2.24, 2.45) is 11.8 Å². The van der Waals surface area contributed by atoms with Crippen LogP contribution < -0.4 is 5.32 Å². The Morgan fingerprint density at radius 3 is 2.23 bits per heavy atom. The lowest BCUT2D eigenvalue weighted by atomic mass is 10.1. The van der Waals surface area contributed by atoms with Gasteiger partial charge < -0.3 is 19.7 Å². The maximum Gasteiger partial charge on any atom is 0.253 e. The summed E-state index contributed by atoms with van der Waals surface area (Å²) in [7, 11) is 1.95. The number of anilines is 1. The summed E-state index contributed by atoms with van der Waals surface area (Å²) in [5.41, 5.74) is 5.20. The maximum absolute atomic E-state index is 13.8. The monoisotopic (exact) mass is 545 g/mol. The van der Waals surface area contributed by atoms with Crippen LogP contribution in [0.3, 0.4) is 0 Å². The molecule has 2 heterocycles. The number of nitrogens with zero attached hydrogens (tertiary/aromatic N) is 4. The Balaban J connectivity index is 1.61. The van der Waals surface area contributed by atoms with Crippen molar-refractivity contribution in [1.82, 2.24) is 19.4 Å². The Morgan fingerprint density at radius 2 is 1.60 bits per heavy atom. The molecule has 0 atom stereocenters. The van der Waals surface area contributed by atoms with E-state index in [1.54, 1.807) is 0 Å². The van der Waals surface area contributed by atoms with Gasteiger partial charge in [0, 0.05) is 44.4 Å². The van der Waals surface area contributed by atoms with Crippen LogP contribution in [0.2, 0.25) is 0 Å². The summed E-state index contributed by atoms with van der Waals surface area (Å²) in [5.74, 6) is 2.37. The van der Waals surface area contributed by atoms with E-state index < -0.39 is 0 Å². The zero-order valence-corrected chi connectivity index (χ0v) is 25.6. The summed E-state index contributed by atoms with van der Waals surface area (Å²) >= 11 is 0. The molecule has 1 saturated heterocycles. The van der Waals surface area contributed by atoms with Crippen LogP contribution in [-0.4, -0.2) is 65.0 Å². The number of aryl methyl sites for hydroxylation is 1. The fraction of sp³-hybridized carbons (Fsp3) is 0.588. The van der Waals surface area contributed by atoms with Crippen LogP contribution in [0.15, 0.2) is 42.5 Å². The third-order valence-corrected chi connectivity index (χ3v) is 8.22. The van der Waals surface area contributed by atoms with E-state index in [0.717, 1.165) is 80.0 Å². The lowest BCUT2D eigenvalue weighted by Gasteiger charge is -2.26. The maximum atomic E-state index is 13.8. The number of rotatable bonds is 14. The highest BCUT2D eigenvalue weighted by molar-refractivity contribution is 5.97. The van der Waals surface area contributed by atoms with Gasteiger partial charge in [-0.3, -0.25) is 4.79 Å². The van der Waals surface area contributed by atoms with Crippen LogP contribution in [0.1, 0.15) is 88.0 Å². The van der Waals surface area contributed by atoms with E-state index in [2.05, 4.69) is 83.8 Å². The zero-order chi connectivity index (χ0) is 28.5. The summed E-state index contributed by atoms with van der Waals surface area (Å²) in [6, 6.07) is 14.8. The molecule has 1 N–H and O–H groups in total. The fourth-order valence-electron chi connectivity index (χ4n) is 5.62. The van der Waals surface area contributed by atoms with Gasteiger partial charge in [0.25, 0.3) is 5.91 Å². The van der Waals surface area contributed by atoms with Gasteiger partial charge in [-0.25, -0.2) is 4.98 Å². The van der Waals surface area contributed by atoms with E-state index in [1.807, 2.05) is 13.1 Å². The summed E-state index contributed by atoms with van der Waals surface area (Å²) < 4.78 is 2.38. The number of fused-ring (bicyclic) bond motifs is 1. The second-order valence-corrected chi connectivity index (χ2v) is 12.4. The van der Waals surface area contributed by atoms with Crippen molar-refractivity contribution in [3.63, 3.8) is 0 Å². The molecule has 40 heavy (non-hydrogen) atoms. The van der Waals surface area contributed by atoms with Gasteiger partial charge in [-0.1, -0.05) is 46.2 Å². The van der Waals surface area contributed by atoms with E-state index in [0.29, 0.717) is 11.8 Å². The van der Waals surface area contributed by atoms with E-state index in [-0.39, 0.29) is 5.91 Å². The average molecular weight is 546 g/mol. The van der Waals surface area contributed by atoms with Crippen LogP contribution in [0.25, 0.3) is 11.0 Å². The molecule has 1 aliphatic rings. The molecule has 3 aromatic rings. The van der Waals surface area contributed by atoms with E-state index in [9.17, 15) is 4.79 Å². The predicted octanol–water partition coefficient (Wildman–Crippen LogP) is 7.08. The number of imidazole rings is 1. The Bertz CT molecular complexity index is 1200. The SMILES string of the molecule is CNc1ccc(Cc2nc3ccc(C(=O)N(CCC(C)C)CCC(C)C)cc3n2CCCN2CCCCC2)cc1. The van der Waals surface area contributed by atoms with Crippen molar-refractivity contribution in [2.45, 2.75) is 79.2 Å². The fourth-order valence-corrected chi connectivity index (χ4v) is 5.62. The largest absolute Gasteiger partial charge is 0.388 e. The van der Waals surface area contributed by atoms with Crippen molar-refractivity contribution in [3.8, 4) is 0 Å². The molecule has 0 bridgehead atoms. The number of nitrogens with one attached hydrogen (secondary N) is 1. The summed E-state index contributed by atoms with van der Waals surface area (Å²) in [6.07, 6.45) is 7.91. The molecule has 6 nitrogen and oxygen atoms in total. The van der Waals surface area contributed by atoms with Crippen LogP contribution in [0, 0.1) is 11.8 Å². The number of likely N-dealkylation sites (tertiary alicyclic amines) is 1. The van der Waals surface area contributed by atoms with Crippen LogP contribution in [-0.2, 0) is 13.0 Å². The summed E-state index contributed by atoms with van der Waals surface area (Å²) in [6.45, 7) is 15.0. The lowest BCUT2D eigenvalue weighted by Crippen LogP contribution is -2.34. The molecule has 0 radical (unpaired) electrons. The van der Waals surface area contributed by atoms with Crippen molar-refractivity contribution in [3.05, 3.63) is 59.4 Å². The molecule has 0 saturated carbocycles. The first kappa shape index (κ1) is 30.1. The van der Waals surface area contributed by atoms with E-state index in [1.165, 1.54) is 37.9 Å². The molecule has 1 aromatic heterocycles. The second kappa shape index (κ2) is 14.7. The molecule has 1 aliphatic heterocycles. The van der Waals surface area contributed by atoms with Gasteiger partial charge in [-0.05, 0) is 99.5 Å². The van der Waals surface area contributed by atoms with Crippen LogP contribution in [0.5, 0.6) is 0 Å². The minimum Gasteiger partial charge on any atom is -0.388 e. The predicted molar refractivity (Wildman–Crippen MR) is 168 cm³/mol. The molecular weight excluding hydrogens is 494 g/mol. The number of aromatic nitrogens is 2. The summed E-state index contributed by atoms with van der Waals surface area (Å²) in [4.78, 5) is 23.6. The standard InChI is InChI=1S/C34H51N5O/c1-26(2)16-22-38(23-17-27(3)4)34(40)29-12-15-31-32(25-29)39(21-9-20-37-18-7-6-8-19-37)33(36-31)24-28-10-13-30(35-5)14-11-28/h10-15,25-27,35H,6-9,16-24H2,1-5H3. The third kappa shape index (κ3) is 8.33. The van der Waals surface area contributed by atoms with E-state index >= 15 is 0 Å². The smallest absolute Gasteiger partial charge is 0.253 e. The Hall–Kier alpha value is -2.86. The molecule has 4 rings (SSSR count). The molecule has 218 valence electrons. The molecule has 1 fully saturated rings. The quantitative estimate of drug-likeness (QED) is 0.235. The molecule has 0 unspecified atom stereocenters. The molecule has 0 spiro atoms. The number of amides is 1. The first-order valence-corrected chi connectivity index (χ1v) is 15.6. The van der Waals surface area contributed by atoms with Crippen molar-refractivity contribution < 1.29 is 4.79 Å². The number of hydrogen-bond acceptors (Lipinski definition) is 4. The van der Waals surface area contributed by atoms with Crippen LogP contribution in [0.4, 0.5) is 5.69 Å². The molecular formula is C34H51N5O. The zero-order valence-electron chi connectivity index (χ0n) is 25.6. The van der Waals surface area contributed by atoms with Crippen molar-refractivity contribution in [2.75, 3.05) is 45.1 Å². The second-order valence-electron chi connectivity index (χ2n) is 12.4. The topological polar surface area (TPSA) is 53.4 Å². The Labute approximate surface area is 242 Å². The highest BCUT2D eigenvalue weighted by Gasteiger charge is 2.20. The van der Waals surface area contributed by atoms with Gasteiger partial charge >= 0.3 is 0 Å². The molecule has 0 aliphatic carbocycles. The minimum atomic E-state index is 0.147. The Kier molecular flexibility index (Phi) is 11.0. The molecule has 2 aromatic carbocycles. The van der Waals surface area contributed by atoms with Crippen molar-refractivity contribution >= 4 is 22.6 Å². The van der Waals surface area contributed by atoms with Gasteiger partial charge in [-0.2, -0.15) is 0 Å².